The first kappa shape index (κ1) is 19.0. The van der Waals surface area contributed by atoms with E-state index in [1.165, 1.54) is 26.2 Å². The zero-order valence-corrected chi connectivity index (χ0v) is 15.3. The predicted octanol–water partition coefficient (Wildman–Crippen LogP) is 2.65. The quantitative estimate of drug-likeness (QED) is 0.826. The van der Waals surface area contributed by atoms with E-state index in [0.717, 1.165) is 10.1 Å². The fourth-order valence-corrected chi connectivity index (χ4v) is 3.74. The van der Waals surface area contributed by atoms with Gasteiger partial charge in [0, 0.05) is 19.8 Å². The number of anilines is 1. The fourth-order valence-electron chi connectivity index (χ4n) is 1.88. The second-order valence-corrected chi connectivity index (χ2v) is 8.99. The van der Waals surface area contributed by atoms with Crippen molar-refractivity contribution in [1.29, 1.82) is 0 Å². The zero-order valence-electron chi connectivity index (χ0n) is 13.7. The molecule has 0 saturated heterocycles. The van der Waals surface area contributed by atoms with Crippen LogP contribution in [0, 0.1) is 5.92 Å². The topological polar surface area (TPSA) is 66.5 Å². The maximum Gasteiger partial charge on any atom is 0.242 e. The molecule has 0 aliphatic heterocycles. The summed E-state index contributed by atoms with van der Waals surface area (Å²) >= 11 is 1.61. The molecular formula is C15H24N2O3S2. The summed E-state index contributed by atoms with van der Waals surface area (Å²) < 4.78 is 25.1. The molecule has 124 valence electrons. The van der Waals surface area contributed by atoms with Gasteiger partial charge in [-0.3, -0.25) is 4.79 Å². The Labute approximate surface area is 137 Å². The first-order valence-electron chi connectivity index (χ1n) is 7.15. The number of amides is 1. The van der Waals surface area contributed by atoms with Crippen molar-refractivity contribution in [2.24, 2.45) is 5.92 Å². The van der Waals surface area contributed by atoms with Gasteiger partial charge in [0.1, 0.15) is 0 Å². The molecule has 1 aromatic rings. The molecule has 0 aromatic heterocycles. The van der Waals surface area contributed by atoms with Crippen LogP contribution in [0.25, 0.3) is 0 Å². The summed E-state index contributed by atoms with van der Waals surface area (Å²) in [6, 6.07) is 6.23. The Morgan fingerprint density at radius 1 is 1.23 bits per heavy atom. The summed E-state index contributed by atoms with van der Waals surface area (Å²) in [7, 11) is -0.471. The first-order chi connectivity index (χ1) is 10.2. The molecule has 0 fully saturated rings. The Kier molecular flexibility index (Phi) is 6.90. The highest BCUT2D eigenvalue weighted by molar-refractivity contribution is 8.00. The van der Waals surface area contributed by atoms with Crippen LogP contribution >= 0.6 is 11.8 Å². The molecule has 1 amide bonds. The lowest BCUT2D eigenvalue weighted by Gasteiger charge is -2.19. The number of thioether (sulfide) groups is 1. The number of carbonyl (C=O) groups is 1. The number of benzene rings is 1. The summed E-state index contributed by atoms with van der Waals surface area (Å²) in [6.45, 7) is 6.05. The molecule has 0 heterocycles. The van der Waals surface area contributed by atoms with Crippen molar-refractivity contribution in [3.8, 4) is 0 Å². The van der Waals surface area contributed by atoms with Crippen molar-refractivity contribution in [2.75, 3.05) is 25.2 Å². The molecule has 0 bridgehead atoms. The average molecular weight is 345 g/mol. The highest BCUT2D eigenvalue weighted by Gasteiger charge is 2.22. The van der Waals surface area contributed by atoms with E-state index in [9.17, 15) is 13.2 Å². The monoisotopic (exact) mass is 344 g/mol. The second-order valence-electron chi connectivity index (χ2n) is 5.42. The third-order valence-electron chi connectivity index (χ3n) is 3.11. The van der Waals surface area contributed by atoms with Gasteiger partial charge in [-0.15, -0.1) is 11.8 Å². The van der Waals surface area contributed by atoms with Crippen LogP contribution in [0.2, 0.25) is 0 Å². The van der Waals surface area contributed by atoms with Gasteiger partial charge in [0.25, 0.3) is 0 Å². The Morgan fingerprint density at radius 3 is 2.18 bits per heavy atom. The molecule has 1 atom stereocenters. The van der Waals surface area contributed by atoms with E-state index in [-0.39, 0.29) is 22.0 Å². The van der Waals surface area contributed by atoms with E-state index in [0.29, 0.717) is 5.69 Å². The highest BCUT2D eigenvalue weighted by Crippen LogP contribution is 2.22. The Morgan fingerprint density at radius 2 is 1.77 bits per heavy atom. The average Bonchev–Trinajstić information content (AvgIpc) is 2.44. The van der Waals surface area contributed by atoms with E-state index in [1.54, 1.807) is 23.9 Å². The van der Waals surface area contributed by atoms with Gasteiger partial charge in [-0.1, -0.05) is 20.8 Å². The van der Waals surface area contributed by atoms with Gasteiger partial charge in [-0.2, -0.15) is 0 Å². The standard InChI is InChI=1S/C15H24N2O3S2/c1-6-21-14(11(2)3)15(18)16-12-7-9-13(10-8-12)22(19,20)17(4)5/h7-11,14H,6H2,1-5H3,(H,16,18)/t14-/m0/s1. The molecule has 22 heavy (non-hydrogen) atoms. The van der Waals surface area contributed by atoms with Crippen LogP contribution in [-0.4, -0.2) is 43.7 Å². The van der Waals surface area contributed by atoms with Gasteiger partial charge in [0.2, 0.25) is 15.9 Å². The van der Waals surface area contributed by atoms with Crippen molar-refractivity contribution in [3.05, 3.63) is 24.3 Å². The van der Waals surface area contributed by atoms with Gasteiger partial charge in [0.05, 0.1) is 10.1 Å². The maximum absolute atomic E-state index is 12.3. The minimum Gasteiger partial charge on any atom is -0.325 e. The van der Waals surface area contributed by atoms with E-state index in [4.69, 9.17) is 0 Å². The molecule has 0 aliphatic carbocycles. The number of hydrogen-bond acceptors (Lipinski definition) is 4. The number of nitrogens with zero attached hydrogens (tertiary/aromatic N) is 1. The van der Waals surface area contributed by atoms with Crippen molar-refractivity contribution >= 4 is 33.4 Å². The number of hydrogen-bond donors (Lipinski definition) is 1. The van der Waals surface area contributed by atoms with Gasteiger partial charge in [0.15, 0.2) is 0 Å². The molecule has 0 saturated carbocycles. The number of nitrogens with one attached hydrogen (secondary N) is 1. The summed E-state index contributed by atoms with van der Waals surface area (Å²) in [5, 5.41) is 2.73. The van der Waals surface area contributed by atoms with Crippen molar-refractivity contribution in [1.82, 2.24) is 4.31 Å². The van der Waals surface area contributed by atoms with Crippen LogP contribution in [0.5, 0.6) is 0 Å². The number of sulfonamides is 1. The van der Waals surface area contributed by atoms with Crippen LogP contribution in [-0.2, 0) is 14.8 Å². The van der Waals surface area contributed by atoms with Crippen molar-refractivity contribution in [2.45, 2.75) is 30.9 Å². The molecular weight excluding hydrogens is 320 g/mol. The lowest BCUT2D eigenvalue weighted by molar-refractivity contribution is -0.116. The molecule has 7 heteroatoms. The molecule has 0 unspecified atom stereocenters. The molecule has 0 radical (unpaired) electrons. The number of carbonyl (C=O) groups excluding carboxylic acids is 1. The van der Waals surface area contributed by atoms with E-state index in [1.807, 2.05) is 20.8 Å². The smallest absolute Gasteiger partial charge is 0.242 e. The number of rotatable bonds is 7. The summed E-state index contributed by atoms with van der Waals surface area (Å²) in [5.74, 6) is 1.06. The Hall–Kier alpha value is -1.05. The van der Waals surface area contributed by atoms with Gasteiger partial charge in [-0.25, -0.2) is 12.7 Å². The molecule has 1 aromatic carbocycles. The lowest BCUT2D eigenvalue weighted by atomic mass is 10.1. The van der Waals surface area contributed by atoms with Crippen LogP contribution in [0.4, 0.5) is 5.69 Å². The van der Waals surface area contributed by atoms with Crippen LogP contribution in [0.1, 0.15) is 20.8 Å². The SMILES string of the molecule is CCS[C@H](C(=O)Nc1ccc(S(=O)(=O)N(C)C)cc1)C(C)C. The zero-order chi connectivity index (χ0) is 16.9. The minimum atomic E-state index is -3.44. The van der Waals surface area contributed by atoms with E-state index >= 15 is 0 Å². The van der Waals surface area contributed by atoms with E-state index in [2.05, 4.69) is 5.32 Å². The molecule has 1 N–H and O–H groups in total. The van der Waals surface area contributed by atoms with Gasteiger partial charge >= 0.3 is 0 Å². The predicted molar refractivity (Wildman–Crippen MR) is 92.7 cm³/mol. The molecule has 1 rings (SSSR count). The third-order valence-corrected chi connectivity index (χ3v) is 6.39. The molecule has 0 spiro atoms. The van der Waals surface area contributed by atoms with Crippen LogP contribution < -0.4 is 5.32 Å². The third kappa shape index (κ3) is 4.72. The summed E-state index contributed by atoms with van der Waals surface area (Å²) in [5.41, 5.74) is 0.602. The maximum atomic E-state index is 12.3. The van der Waals surface area contributed by atoms with E-state index < -0.39 is 10.0 Å². The van der Waals surface area contributed by atoms with Crippen molar-refractivity contribution < 1.29 is 13.2 Å². The first-order valence-corrected chi connectivity index (χ1v) is 9.64. The van der Waals surface area contributed by atoms with Gasteiger partial charge < -0.3 is 5.32 Å². The van der Waals surface area contributed by atoms with Gasteiger partial charge in [-0.05, 0) is 35.9 Å². The lowest BCUT2D eigenvalue weighted by Crippen LogP contribution is -2.29. The fraction of sp³-hybridized carbons (Fsp3) is 0.533. The largest absolute Gasteiger partial charge is 0.325 e. The molecule has 0 aliphatic rings. The summed E-state index contributed by atoms with van der Waals surface area (Å²) in [4.78, 5) is 12.5. The normalized spacial score (nSPS) is 13.4. The molecule has 5 nitrogen and oxygen atoms in total. The van der Waals surface area contributed by atoms with Crippen LogP contribution in [0.3, 0.4) is 0 Å². The minimum absolute atomic E-state index is 0.0509. The van der Waals surface area contributed by atoms with Crippen molar-refractivity contribution in [3.63, 3.8) is 0 Å². The Balaban J connectivity index is 2.86. The second kappa shape index (κ2) is 7.99. The summed E-state index contributed by atoms with van der Waals surface area (Å²) in [6.07, 6.45) is 0. The van der Waals surface area contributed by atoms with Crippen LogP contribution in [0.15, 0.2) is 29.2 Å². The highest BCUT2D eigenvalue weighted by atomic mass is 32.2. The Bertz CT molecular complexity index is 596.